The van der Waals surface area contributed by atoms with Gasteiger partial charge in [-0.3, -0.25) is 0 Å². The van der Waals surface area contributed by atoms with Crippen molar-refractivity contribution in [2.24, 2.45) is 0 Å². The van der Waals surface area contributed by atoms with Gasteiger partial charge in [0.05, 0.1) is 15.5 Å². The molecule has 3 rings (SSSR count). The molecule has 0 radical (unpaired) electrons. The van der Waals surface area contributed by atoms with Gasteiger partial charge < -0.3 is 10.3 Å². The topological polar surface area (TPSA) is 43.8 Å². The molecule has 6 heteroatoms. The predicted molar refractivity (Wildman–Crippen MR) is 86.5 cm³/mol. The van der Waals surface area contributed by atoms with Crippen LogP contribution in [0.2, 0.25) is 0 Å². The van der Waals surface area contributed by atoms with Crippen LogP contribution in [0.5, 0.6) is 0 Å². The largest absolute Gasteiger partial charge is 0.369 e. The molecule has 0 spiro atoms. The Morgan fingerprint density at radius 3 is 2.80 bits per heavy atom. The van der Waals surface area contributed by atoms with Crippen molar-refractivity contribution in [3.63, 3.8) is 0 Å². The van der Waals surface area contributed by atoms with Crippen LogP contribution in [-0.4, -0.2) is 20.6 Å². The molecule has 0 atom stereocenters. The Labute approximate surface area is 130 Å². The standard InChI is InChI=1S/C14H17BrFN3S/c1-20-14(4-2-3-5-14)8-19-12-7-10(16)9(15)6-11(12)18-13(19)17/h6-7H,2-5,8H2,1H3,(H2,17,18). The molecule has 108 valence electrons. The number of anilines is 1. The molecule has 1 saturated carbocycles. The summed E-state index contributed by atoms with van der Waals surface area (Å²) in [6.07, 6.45) is 7.04. The van der Waals surface area contributed by atoms with E-state index in [2.05, 4.69) is 27.2 Å². The molecule has 1 aromatic carbocycles. The number of rotatable bonds is 3. The van der Waals surface area contributed by atoms with Crippen LogP contribution in [0.1, 0.15) is 25.7 Å². The number of fused-ring (bicyclic) bond motifs is 1. The smallest absolute Gasteiger partial charge is 0.201 e. The van der Waals surface area contributed by atoms with Crippen LogP contribution < -0.4 is 5.73 Å². The summed E-state index contributed by atoms with van der Waals surface area (Å²) in [5.74, 6) is 0.195. The molecule has 2 aromatic rings. The third kappa shape index (κ3) is 2.33. The number of halogens is 2. The zero-order valence-electron chi connectivity index (χ0n) is 11.3. The van der Waals surface area contributed by atoms with Gasteiger partial charge in [0.2, 0.25) is 5.95 Å². The Morgan fingerprint density at radius 1 is 1.45 bits per heavy atom. The SMILES string of the molecule is CSC1(Cn2c(N)nc3cc(Br)c(F)cc32)CCCC1. The molecule has 2 N–H and O–H groups in total. The lowest BCUT2D eigenvalue weighted by Crippen LogP contribution is -2.27. The van der Waals surface area contributed by atoms with E-state index in [0.29, 0.717) is 10.4 Å². The number of hydrogen-bond donors (Lipinski definition) is 1. The van der Waals surface area contributed by atoms with Gasteiger partial charge in [0.25, 0.3) is 0 Å². The Kier molecular flexibility index (Phi) is 3.71. The van der Waals surface area contributed by atoms with Crippen LogP contribution >= 0.6 is 27.7 Å². The minimum Gasteiger partial charge on any atom is -0.369 e. The number of hydrogen-bond acceptors (Lipinski definition) is 3. The molecular formula is C14H17BrFN3S. The Hall–Kier alpha value is -0.750. The lowest BCUT2D eigenvalue weighted by molar-refractivity contribution is 0.517. The van der Waals surface area contributed by atoms with Gasteiger partial charge in [0.1, 0.15) is 5.82 Å². The molecule has 1 aliphatic rings. The molecule has 0 saturated heterocycles. The summed E-state index contributed by atoms with van der Waals surface area (Å²) in [4.78, 5) is 4.36. The number of nitrogens with zero attached hydrogens (tertiary/aromatic N) is 2. The average Bonchev–Trinajstić information content (AvgIpc) is 2.99. The molecule has 1 heterocycles. The van der Waals surface area contributed by atoms with Crippen LogP contribution in [0.15, 0.2) is 16.6 Å². The first-order valence-corrected chi connectivity index (χ1v) is 8.72. The number of thioether (sulfide) groups is 1. The van der Waals surface area contributed by atoms with E-state index < -0.39 is 0 Å². The average molecular weight is 358 g/mol. The molecule has 0 unspecified atom stereocenters. The van der Waals surface area contributed by atoms with Crippen LogP contribution in [0.3, 0.4) is 0 Å². The highest BCUT2D eigenvalue weighted by atomic mass is 79.9. The summed E-state index contributed by atoms with van der Waals surface area (Å²) in [6, 6.07) is 3.21. The second-order valence-corrected chi connectivity index (χ2v) is 7.53. The van der Waals surface area contributed by atoms with Gasteiger partial charge in [0.15, 0.2) is 0 Å². The fourth-order valence-corrected chi connectivity index (χ4v) is 4.33. The molecule has 1 fully saturated rings. The van der Waals surface area contributed by atoms with Crippen molar-refractivity contribution in [3.8, 4) is 0 Å². The Bertz CT molecular complexity index is 649. The molecule has 0 amide bonds. The lowest BCUT2D eigenvalue weighted by atomic mass is 10.1. The highest BCUT2D eigenvalue weighted by molar-refractivity contribution is 9.10. The van der Waals surface area contributed by atoms with Crippen molar-refractivity contribution in [2.75, 3.05) is 12.0 Å². The molecule has 0 bridgehead atoms. The van der Waals surface area contributed by atoms with Crippen molar-refractivity contribution in [3.05, 3.63) is 22.4 Å². The van der Waals surface area contributed by atoms with Crippen LogP contribution in [0.25, 0.3) is 11.0 Å². The lowest BCUT2D eigenvalue weighted by Gasteiger charge is -2.27. The Morgan fingerprint density at radius 2 is 2.15 bits per heavy atom. The zero-order valence-corrected chi connectivity index (χ0v) is 13.7. The maximum atomic E-state index is 13.8. The van der Waals surface area contributed by atoms with Crippen molar-refractivity contribution >= 4 is 44.7 Å². The van der Waals surface area contributed by atoms with Crippen molar-refractivity contribution in [1.82, 2.24) is 9.55 Å². The number of benzene rings is 1. The molecule has 20 heavy (non-hydrogen) atoms. The van der Waals surface area contributed by atoms with Gasteiger partial charge in [-0.15, -0.1) is 0 Å². The summed E-state index contributed by atoms with van der Waals surface area (Å²) >= 11 is 5.09. The summed E-state index contributed by atoms with van der Waals surface area (Å²) in [7, 11) is 0. The summed E-state index contributed by atoms with van der Waals surface area (Å²) < 4.78 is 16.4. The quantitative estimate of drug-likeness (QED) is 0.895. The van der Waals surface area contributed by atoms with Crippen molar-refractivity contribution < 1.29 is 4.39 Å². The molecule has 1 aromatic heterocycles. The highest BCUT2D eigenvalue weighted by Gasteiger charge is 2.34. The first-order valence-electron chi connectivity index (χ1n) is 6.71. The summed E-state index contributed by atoms with van der Waals surface area (Å²) in [6.45, 7) is 0.803. The van der Waals surface area contributed by atoms with E-state index in [1.165, 1.54) is 31.7 Å². The zero-order chi connectivity index (χ0) is 14.3. The number of aromatic nitrogens is 2. The van der Waals surface area contributed by atoms with E-state index in [1.54, 1.807) is 6.07 Å². The van der Waals surface area contributed by atoms with Crippen molar-refractivity contribution in [2.45, 2.75) is 37.0 Å². The molecule has 0 aliphatic heterocycles. The maximum Gasteiger partial charge on any atom is 0.201 e. The van der Waals surface area contributed by atoms with Crippen molar-refractivity contribution in [1.29, 1.82) is 0 Å². The summed E-state index contributed by atoms with van der Waals surface area (Å²) in [5.41, 5.74) is 7.57. The van der Waals surface area contributed by atoms with Crippen LogP contribution in [-0.2, 0) is 6.54 Å². The maximum absolute atomic E-state index is 13.8. The van der Waals surface area contributed by atoms with Crippen LogP contribution in [0, 0.1) is 5.82 Å². The van der Waals surface area contributed by atoms with Gasteiger partial charge >= 0.3 is 0 Å². The van der Waals surface area contributed by atoms with Gasteiger partial charge in [-0.25, -0.2) is 9.37 Å². The summed E-state index contributed by atoms with van der Waals surface area (Å²) in [5, 5.41) is 0. The fraction of sp³-hybridized carbons (Fsp3) is 0.500. The second-order valence-electron chi connectivity index (χ2n) is 5.41. The number of nitrogens with two attached hydrogens (primary N) is 1. The third-order valence-electron chi connectivity index (χ3n) is 4.21. The van der Waals surface area contributed by atoms with Gasteiger partial charge in [-0.05, 0) is 41.1 Å². The minimum absolute atomic E-state index is 0.214. The molecular weight excluding hydrogens is 341 g/mol. The molecule has 1 aliphatic carbocycles. The van der Waals surface area contributed by atoms with Crippen LogP contribution in [0.4, 0.5) is 10.3 Å². The fourth-order valence-electron chi connectivity index (χ4n) is 3.04. The monoisotopic (exact) mass is 357 g/mol. The number of nitrogen functional groups attached to an aromatic ring is 1. The third-order valence-corrected chi connectivity index (χ3v) is 6.22. The second kappa shape index (κ2) is 5.22. The van der Waals surface area contributed by atoms with E-state index in [-0.39, 0.29) is 10.6 Å². The van der Waals surface area contributed by atoms with E-state index in [9.17, 15) is 4.39 Å². The predicted octanol–water partition coefficient (Wildman–Crippen LogP) is 4.20. The Balaban J connectivity index is 2.06. The van der Waals surface area contributed by atoms with E-state index in [0.717, 1.165) is 17.6 Å². The first-order chi connectivity index (χ1) is 9.54. The number of imidazole rings is 1. The minimum atomic E-state index is -0.275. The van der Waals surface area contributed by atoms with E-state index >= 15 is 0 Å². The molecule has 3 nitrogen and oxygen atoms in total. The van der Waals surface area contributed by atoms with E-state index in [4.69, 9.17) is 5.73 Å². The first kappa shape index (κ1) is 14.2. The van der Waals surface area contributed by atoms with Gasteiger partial charge in [0, 0.05) is 17.4 Å². The van der Waals surface area contributed by atoms with E-state index in [1.807, 2.05) is 16.3 Å². The highest BCUT2D eigenvalue weighted by Crippen LogP contribution is 2.42. The van der Waals surface area contributed by atoms with Gasteiger partial charge in [-0.1, -0.05) is 12.8 Å². The van der Waals surface area contributed by atoms with Gasteiger partial charge in [-0.2, -0.15) is 11.8 Å². The normalized spacial score (nSPS) is 17.9.